The van der Waals surface area contributed by atoms with Crippen molar-refractivity contribution in [3.63, 3.8) is 0 Å². The second kappa shape index (κ2) is 5.99. The highest BCUT2D eigenvalue weighted by atomic mass is 16.2. The van der Waals surface area contributed by atoms with Crippen molar-refractivity contribution in [1.82, 2.24) is 10.3 Å². The monoisotopic (exact) mass is 290 g/mol. The molecule has 1 aromatic rings. The van der Waals surface area contributed by atoms with Gasteiger partial charge in [-0.05, 0) is 43.7 Å². The van der Waals surface area contributed by atoms with E-state index in [2.05, 4.69) is 15.6 Å². The molecule has 6 nitrogen and oxygen atoms in total. The highest BCUT2D eigenvalue weighted by Crippen LogP contribution is 2.42. The maximum absolute atomic E-state index is 11.8. The highest BCUT2D eigenvalue weighted by Gasteiger charge is 2.35. The van der Waals surface area contributed by atoms with Crippen LogP contribution in [0.3, 0.4) is 0 Å². The van der Waals surface area contributed by atoms with E-state index in [0.717, 1.165) is 31.1 Å². The van der Waals surface area contributed by atoms with Gasteiger partial charge in [0.25, 0.3) is 0 Å². The zero-order valence-corrected chi connectivity index (χ0v) is 12.0. The van der Waals surface area contributed by atoms with E-state index >= 15 is 0 Å². The first-order valence-electron chi connectivity index (χ1n) is 7.60. The molecule has 0 aromatic carbocycles. The average Bonchev–Trinajstić information content (AvgIpc) is 3.31. The van der Waals surface area contributed by atoms with Crippen molar-refractivity contribution in [1.29, 1.82) is 0 Å². The summed E-state index contributed by atoms with van der Waals surface area (Å²) in [6.45, 7) is 1.86. The Bertz CT molecular complexity index is 579. The Balaban J connectivity index is 1.77. The molecule has 2 unspecified atom stereocenters. The van der Waals surface area contributed by atoms with Gasteiger partial charge in [0.1, 0.15) is 0 Å². The number of H-pyrrole nitrogens is 1. The number of hydrogen-bond donors (Lipinski definition) is 4. The molecule has 1 aliphatic carbocycles. The molecule has 2 fully saturated rings. The van der Waals surface area contributed by atoms with E-state index in [-0.39, 0.29) is 18.0 Å². The summed E-state index contributed by atoms with van der Waals surface area (Å²) in [6.07, 6.45) is 3.77. The minimum absolute atomic E-state index is 0.0864. The molecule has 1 aliphatic heterocycles. The maximum atomic E-state index is 11.8. The number of anilines is 1. The lowest BCUT2D eigenvalue weighted by molar-refractivity contribution is -0.114. The third-order valence-corrected chi connectivity index (χ3v) is 4.45. The molecule has 21 heavy (non-hydrogen) atoms. The quantitative estimate of drug-likeness (QED) is 0.644. The van der Waals surface area contributed by atoms with Crippen molar-refractivity contribution in [3.8, 4) is 0 Å². The zero-order valence-electron chi connectivity index (χ0n) is 12.0. The van der Waals surface area contributed by atoms with E-state index in [9.17, 15) is 9.59 Å². The maximum Gasteiger partial charge on any atom is 0.250 e. The predicted octanol–water partition coefficient (Wildman–Crippen LogP) is 0.375. The van der Waals surface area contributed by atoms with E-state index in [4.69, 9.17) is 5.73 Å². The van der Waals surface area contributed by atoms with Gasteiger partial charge in [-0.2, -0.15) is 0 Å². The minimum Gasteiger partial charge on any atom is -0.326 e. The molecule has 1 aromatic heterocycles. The largest absolute Gasteiger partial charge is 0.326 e. The van der Waals surface area contributed by atoms with Crippen LogP contribution >= 0.6 is 0 Å². The number of aromatic amines is 1. The number of nitrogens with two attached hydrogens (primary N) is 1. The van der Waals surface area contributed by atoms with Crippen LogP contribution < -0.4 is 21.9 Å². The first-order valence-corrected chi connectivity index (χ1v) is 7.60. The Kier molecular flexibility index (Phi) is 4.07. The molecule has 2 aliphatic rings. The van der Waals surface area contributed by atoms with Gasteiger partial charge in [-0.15, -0.1) is 0 Å². The Morgan fingerprint density at radius 2 is 2.10 bits per heavy atom. The number of aromatic nitrogens is 1. The Morgan fingerprint density at radius 3 is 2.81 bits per heavy atom. The van der Waals surface area contributed by atoms with Crippen LogP contribution in [0.4, 0.5) is 5.69 Å². The minimum atomic E-state index is -0.288. The normalized spacial score (nSPS) is 25.6. The summed E-state index contributed by atoms with van der Waals surface area (Å²) in [5, 5.41) is 6.12. The van der Waals surface area contributed by atoms with E-state index < -0.39 is 0 Å². The van der Waals surface area contributed by atoms with Gasteiger partial charge in [-0.1, -0.05) is 0 Å². The number of carbonyl (C=O) groups is 1. The van der Waals surface area contributed by atoms with Gasteiger partial charge >= 0.3 is 0 Å². The molecule has 3 rings (SSSR count). The molecular formula is C15H22N4O2. The standard InChI is InChI=1S/C15H22N4O2/c16-6-15(21)18-12-4-13(19-14(20)5-12)11-3-10(7-17-8-11)9-1-2-9/h4-5,9-11,17H,1-3,6-8,16H2,(H2,18,19,20,21). The smallest absolute Gasteiger partial charge is 0.250 e. The summed E-state index contributed by atoms with van der Waals surface area (Å²) in [7, 11) is 0. The first kappa shape index (κ1) is 14.3. The van der Waals surface area contributed by atoms with Crippen LogP contribution in [-0.4, -0.2) is 30.5 Å². The second-order valence-electron chi connectivity index (χ2n) is 6.13. The van der Waals surface area contributed by atoms with Crippen molar-refractivity contribution in [2.24, 2.45) is 17.6 Å². The van der Waals surface area contributed by atoms with Gasteiger partial charge < -0.3 is 21.4 Å². The molecular weight excluding hydrogens is 268 g/mol. The van der Waals surface area contributed by atoms with Crippen molar-refractivity contribution in [2.45, 2.75) is 25.2 Å². The lowest BCUT2D eigenvalue weighted by atomic mass is 9.85. The molecule has 0 bridgehead atoms. The number of carbonyl (C=O) groups excluding carboxylic acids is 1. The molecule has 0 radical (unpaired) electrons. The fourth-order valence-electron chi connectivity index (χ4n) is 3.21. The lowest BCUT2D eigenvalue weighted by Gasteiger charge is -2.30. The first-order chi connectivity index (χ1) is 10.2. The summed E-state index contributed by atoms with van der Waals surface area (Å²) in [6, 6.07) is 3.25. The molecule has 1 amide bonds. The lowest BCUT2D eigenvalue weighted by Crippen LogP contribution is -2.36. The summed E-state index contributed by atoms with van der Waals surface area (Å²) in [5.41, 5.74) is 6.52. The van der Waals surface area contributed by atoms with Gasteiger partial charge in [0, 0.05) is 29.9 Å². The summed E-state index contributed by atoms with van der Waals surface area (Å²) >= 11 is 0. The van der Waals surface area contributed by atoms with E-state index in [1.807, 2.05) is 6.07 Å². The summed E-state index contributed by atoms with van der Waals surface area (Å²) in [5.74, 6) is 1.57. The van der Waals surface area contributed by atoms with Crippen LogP contribution in [0, 0.1) is 11.8 Å². The van der Waals surface area contributed by atoms with Crippen LogP contribution in [0.2, 0.25) is 0 Å². The van der Waals surface area contributed by atoms with E-state index in [0.29, 0.717) is 17.5 Å². The van der Waals surface area contributed by atoms with Crippen LogP contribution in [0.15, 0.2) is 16.9 Å². The van der Waals surface area contributed by atoms with Gasteiger partial charge in [0.15, 0.2) is 0 Å². The Morgan fingerprint density at radius 1 is 1.29 bits per heavy atom. The average molecular weight is 290 g/mol. The van der Waals surface area contributed by atoms with Gasteiger partial charge in [-0.25, -0.2) is 0 Å². The molecule has 1 saturated heterocycles. The zero-order chi connectivity index (χ0) is 14.8. The SMILES string of the molecule is NCC(=O)Nc1cc(C2CNCC(C3CC3)C2)[nH]c(=O)c1. The summed E-state index contributed by atoms with van der Waals surface area (Å²) < 4.78 is 0. The molecule has 2 atom stereocenters. The number of piperidine rings is 1. The molecule has 6 heteroatoms. The number of amides is 1. The van der Waals surface area contributed by atoms with Crippen molar-refractivity contribution >= 4 is 11.6 Å². The fraction of sp³-hybridized carbons (Fsp3) is 0.600. The van der Waals surface area contributed by atoms with Crippen molar-refractivity contribution < 1.29 is 4.79 Å². The number of pyridine rings is 1. The topological polar surface area (TPSA) is 100 Å². The molecule has 5 N–H and O–H groups in total. The molecule has 0 spiro atoms. The van der Waals surface area contributed by atoms with Crippen LogP contribution in [0.1, 0.15) is 30.9 Å². The summed E-state index contributed by atoms with van der Waals surface area (Å²) in [4.78, 5) is 26.1. The van der Waals surface area contributed by atoms with Gasteiger partial charge in [-0.3, -0.25) is 9.59 Å². The molecule has 1 saturated carbocycles. The van der Waals surface area contributed by atoms with Crippen LogP contribution in [-0.2, 0) is 4.79 Å². The second-order valence-corrected chi connectivity index (χ2v) is 6.13. The van der Waals surface area contributed by atoms with Crippen LogP contribution in [0.25, 0.3) is 0 Å². The molecule has 2 heterocycles. The Hall–Kier alpha value is -1.66. The van der Waals surface area contributed by atoms with Crippen LogP contribution in [0.5, 0.6) is 0 Å². The number of hydrogen-bond acceptors (Lipinski definition) is 4. The van der Waals surface area contributed by atoms with Gasteiger partial charge in [0.05, 0.1) is 6.54 Å². The number of rotatable bonds is 4. The Labute approximate surface area is 123 Å². The van der Waals surface area contributed by atoms with Gasteiger partial charge in [0.2, 0.25) is 11.5 Å². The van der Waals surface area contributed by atoms with Crippen molar-refractivity contribution in [3.05, 3.63) is 28.2 Å². The predicted molar refractivity (Wildman–Crippen MR) is 81.2 cm³/mol. The number of nitrogens with one attached hydrogen (secondary N) is 3. The third-order valence-electron chi connectivity index (χ3n) is 4.45. The highest BCUT2D eigenvalue weighted by molar-refractivity contribution is 5.92. The molecule has 114 valence electrons. The van der Waals surface area contributed by atoms with E-state index in [1.165, 1.54) is 18.9 Å². The third kappa shape index (κ3) is 3.51. The van der Waals surface area contributed by atoms with E-state index in [1.54, 1.807) is 0 Å². The van der Waals surface area contributed by atoms with Crippen molar-refractivity contribution in [2.75, 3.05) is 25.0 Å². The fourth-order valence-corrected chi connectivity index (χ4v) is 3.21.